The third-order valence-corrected chi connectivity index (χ3v) is 3.81. The summed E-state index contributed by atoms with van der Waals surface area (Å²) in [5.41, 5.74) is 7.15. The van der Waals surface area contributed by atoms with Crippen LogP contribution in [0.5, 0.6) is 0 Å². The number of piperidine rings is 1. The van der Waals surface area contributed by atoms with Crippen LogP contribution in [-0.4, -0.2) is 40.1 Å². The molecule has 1 fully saturated rings. The van der Waals surface area contributed by atoms with Gasteiger partial charge in [-0.15, -0.1) is 0 Å². The molecule has 0 unspecified atom stereocenters. The van der Waals surface area contributed by atoms with Crippen molar-refractivity contribution < 1.29 is 4.79 Å². The first-order valence-electron chi connectivity index (χ1n) is 7.11. The Morgan fingerprint density at radius 3 is 2.74 bits per heavy atom. The lowest BCUT2D eigenvalue weighted by molar-refractivity contribution is -0.134. The molecule has 0 radical (unpaired) electrons. The maximum atomic E-state index is 12.2. The molecular weight excluding hydrogens is 240 g/mol. The minimum absolute atomic E-state index is 0.108. The number of rotatable bonds is 4. The molecule has 0 spiro atoms. The molecule has 1 atom stereocenters. The third kappa shape index (κ3) is 3.56. The topological polar surface area (TPSA) is 75.0 Å². The number of nitrogens with two attached hydrogens (primary N) is 1. The van der Waals surface area contributed by atoms with Crippen LogP contribution < -0.4 is 5.73 Å². The zero-order chi connectivity index (χ0) is 13.8. The van der Waals surface area contributed by atoms with Crippen LogP contribution >= 0.6 is 0 Å². The van der Waals surface area contributed by atoms with Gasteiger partial charge in [0.1, 0.15) is 0 Å². The van der Waals surface area contributed by atoms with Crippen molar-refractivity contribution in [2.75, 3.05) is 13.1 Å². The molecule has 0 aliphatic carbocycles. The van der Waals surface area contributed by atoms with Gasteiger partial charge in [-0.3, -0.25) is 9.89 Å². The number of aromatic amines is 1. The van der Waals surface area contributed by atoms with Gasteiger partial charge < -0.3 is 10.6 Å². The molecule has 2 rings (SSSR count). The maximum Gasteiger partial charge on any atom is 0.239 e. The van der Waals surface area contributed by atoms with Crippen LogP contribution in [0.15, 0.2) is 12.3 Å². The Bertz CT molecular complexity index is 394. The quantitative estimate of drug-likeness (QED) is 0.865. The molecule has 1 amide bonds. The maximum absolute atomic E-state index is 12.2. The minimum atomic E-state index is -0.344. The summed E-state index contributed by atoms with van der Waals surface area (Å²) in [5.74, 6) is 1.06. The average molecular weight is 264 g/mol. The lowest BCUT2D eigenvalue weighted by Gasteiger charge is -2.33. The van der Waals surface area contributed by atoms with E-state index in [1.54, 1.807) is 6.20 Å². The molecule has 5 heteroatoms. The summed E-state index contributed by atoms with van der Waals surface area (Å²) in [6.07, 6.45) is 4.52. The zero-order valence-corrected chi connectivity index (χ0v) is 11.8. The Morgan fingerprint density at radius 2 is 2.21 bits per heavy atom. The van der Waals surface area contributed by atoms with Crippen LogP contribution in [-0.2, 0) is 4.79 Å². The summed E-state index contributed by atoms with van der Waals surface area (Å²) >= 11 is 0. The van der Waals surface area contributed by atoms with Gasteiger partial charge in [-0.1, -0.05) is 13.8 Å². The number of nitrogens with one attached hydrogen (secondary N) is 1. The van der Waals surface area contributed by atoms with Gasteiger partial charge in [0.2, 0.25) is 5.91 Å². The molecular formula is C14H24N4O. The zero-order valence-electron chi connectivity index (χ0n) is 11.8. The van der Waals surface area contributed by atoms with E-state index in [1.807, 2.05) is 11.0 Å². The van der Waals surface area contributed by atoms with E-state index >= 15 is 0 Å². The number of amides is 1. The monoisotopic (exact) mass is 264 g/mol. The van der Waals surface area contributed by atoms with Gasteiger partial charge >= 0.3 is 0 Å². The van der Waals surface area contributed by atoms with Crippen molar-refractivity contribution in [2.24, 2.45) is 11.7 Å². The second-order valence-corrected chi connectivity index (χ2v) is 5.85. The fourth-order valence-corrected chi connectivity index (χ4v) is 2.75. The summed E-state index contributed by atoms with van der Waals surface area (Å²) < 4.78 is 0. The standard InChI is InChI=1S/C14H24N4O/c1-10(2)9-12(15)14(19)18-7-4-11(5-8-18)13-3-6-16-17-13/h3,6,10-12H,4-5,7-9,15H2,1-2H3,(H,16,17)/t12-/m0/s1. The van der Waals surface area contributed by atoms with Gasteiger partial charge in [0.25, 0.3) is 0 Å². The number of nitrogens with zero attached hydrogens (tertiary/aromatic N) is 2. The number of H-pyrrole nitrogens is 1. The summed E-state index contributed by atoms with van der Waals surface area (Å²) in [5, 5.41) is 7.01. The Balaban J connectivity index is 1.84. The van der Waals surface area contributed by atoms with Crippen molar-refractivity contribution >= 4 is 5.91 Å². The van der Waals surface area contributed by atoms with E-state index in [1.165, 1.54) is 5.69 Å². The van der Waals surface area contributed by atoms with E-state index in [4.69, 9.17) is 5.73 Å². The lowest BCUT2D eigenvalue weighted by Crippen LogP contribution is -2.47. The van der Waals surface area contributed by atoms with Crippen molar-refractivity contribution in [3.63, 3.8) is 0 Å². The number of carbonyl (C=O) groups excluding carboxylic acids is 1. The lowest BCUT2D eigenvalue weighted by atomic mass is 9.93. The first-order valence-corrected chi connectivity index (χ1v) is 7.11. The molecule has 1 saturated heterocycles. The molecule has 0 bridgehead atoms. The number of hydrogen-bond donors (Lipinski definition) is 2. The van der Waals surface area contributed by atoms with E-state index in [0.717, 1.165) is 32.4 Å². The Kier molecular flexibility index (Phi) is 4.58. The van der Waals surface area contributed by atoms with Crippen molar-refractivity contribution in [1.29, 1.82) is 0 Å². The number of hydrogen-bond acceptors (Lipinski definition) is 3. The minimum Gasteiger partial charge on any atom is -0.341 e. The third-order valence-electron chi connectivity index (χ3n) is 3.81. The second-order valence-electron chi connectivity index (χ2n) is 5.85. The van der Waals surface area contributed by atoms with E-state index in [-0.39, 0.29) is 11.9 Å². The molecule has 1 aliphatic heterocycles. The molecule has 19 heavy (non-hydrogen) atoms. The summed E-state index contributed by atoms with van der Waals surface area (Å²) in [7, 11) is 0. The fraction of sp³-hybridized carbons (Fsp3) is 0.714. The highest BCUT2D eigenvalue weighted by molar-refractivity contribution is 5.81. The van der Waals surface area contributed by atoms with Gasteiger partial charge in [-0.05, 0) is 31.2 Å². The first-order chi connectivity index (χ1) is 9.08. The molecule has 3 N–H and O–H groups in total. The van der Waals surface area contributed by atoms with Crippen LogP contribution in [0.3, 0.4) is 0 Å². The van der Waals surface area contributed by atoms with Gasteiger partial charge in [0.15, 0.2) is 0 Å². The Labute approximate surface area is 114 Å². The van der Waals surface area contributed by atoms with Crippen molar-refractivity contribution in [3.8, 4) is 0 Å². The Hall–Kier alpha value is -1.36. The van der Waals surface area contributed by atoms with Crippen molar-refractivity contribution in [1.82, 2.24) is 15.1 Å². The highest BCUT2D eigenvalue weighted by atomic mass is 16.2. The van der Waals surface area contributed by atoms with Crippen LogP contribution in [0.25, 0.3) is 0 Å². The summed E-state index contributed by atoms with van der Waals surface area (Å²) in [6.45, 7) is 5.79. The highest BCUT2D eigenvalue weighted by Gasteiger charge is 2.27. The molecule has 106 valence electrons. The molecule has 1 aromatic heterocycles. The van der Waals surface area contributed by atoms with Gasteiger partial charge in [0.05, 0.1) is 6.04 Å². The van der Waals surface area contributed by atoms with E-state index in [2.05, 4.69) is 24.0 Å². The largest absolute Gasteiger partial charge is 0.341 e. The predicted octanol–water partition coefficient (Wildman–Crippen LogP) is 1.49. The van der Waals surface area contributed by atoms with E-state index in [0.29, 0.717) is 11.8 Å². The van der Waals surface area contributed by atoms with Gasteiger partial charge in [-0.2, -0.15) is 5.10 Å². The number of aromatic nitrogens is 2. The van der Waals surface area contributed by atoms with Crippen LogP contribution in [0, 0.1) is 5.92 Å². The average Bonchev–Trinajstić information content (AvgIpc) is 2.91. The smallest absolute Gasteiger partial charge is 0.239 e. The van der Waals surface area contributed by atoms with E-state index < -0.39 is 0 Å². The van der Waals surface area contributed by atoms with Crippen molar-refractivity contribution in [2.45, 2.75) is 45.1 Å². The highest BCUT2D eigenvalue weighted by Crippen LogP contribution is 2.26. The van der Waals surface area contributed by atoms with Crippen LogP contribution in [0.4, 0.5) is 0 Å². The molecule has 1 aromatic rings. The SMILES string of the molecule is CC(C)C[C@H](N)C(=O)N1CCC(c2ccn[nH]2)CC1. The number of likely N-dealkylation sites (tertiary alicyclic amines) is 1. The van der Waals surface area contributed by atoms with E-state index in [9.17, 15) is 4.79 Å². The fourth-order valence-electron chi connectivity index (χ4n) is 2.75. The molecule has 5 nitrogen and oxygen atoms in total. The predicted molar refractivity (Wildman–Crippen MR) is 74.6 cm³/mol. The van der Waals surface area contributed by atoms with Crippen LogP contribution in [0.2, 0.25) is 0 Å². The number of carbonyl (C=O) groups is 1. The second kappa shape index (κ2) is 6.19. The Morgan fingerprint density at radius 1 is 1.53 bits per heavy atom. The van der Waals surface area contributed by atoms with Crippen molar-refractivity contribution in [3.05, 3.63) is 18.0 Å². The first kappa shape index (κ1) is 14.1. The van der Waals surface area contributed by atoms with Gasteiger partial charge in [0, 0.05) is 30.9 Å². The molecule has 1 aliphatic rings. The summed E-state index contributed by atoms with van der Waals surface area (Å²) in [6, 6.07) is 1.68. The molecule has 0 saturated carbocycles. The molecule has 0 aromatic carbocycles. The molecule has 2 heterocycles. The van der Waals surface area contributed by atoms with Gasteiger partial charge in [-0.25, -0.2) is 0 Å². The van der Waals surface area contributed by atoms with Crippen LogP contribution in [0.1, 0.15) is 44.7 Å². The normalized spacial score (nSPS) is 18.8. The summed E-state index contributed by atoms with van der Waals surface area (Å²) in [4.78, 5) is 14.1.